The minimum atomic E-state index is -4.21. The van der Waals surface area contributed by atoms with E-state index in [1.54, 1.807) is 26.1 Å². The molecule has 0 atom stereocenters. The fourth-order valence-electron chi connectivity index (χ4n) is 2.43. The number of aliphatic imine (C=N–C) groups is 2. The predicted molar refractivity (Wildman–Crippen MR) is 115 cm³/mol. The Bertz CT molecular complexity index is 886. The molecule has 0 amide bonds. The van der Waals surface area contributed by atoms with Crippen LogP contribution in [0.2, 0.25) is 0 Å². The Morgan fingerprint density at radius 2 is 1.73 bits per heavy atom. The van der Waals surface area contributed by atoms with Crippen LogP contribution in [0.1, 0.15) is 52.4 Å². The lowest BCUT2D eigenvalue weighted by Gasteiger charge is -2.07. The van der Waals surface area contributed by atoms with Crippen molar-refractivity contribution in [2.24, 2.45) is 9.98 Å². The number of carbonyl (C=O) groups excluding carboxylic acids is 1. The molecule has 7 heteroatoms. The number of esters is 1. The van der Waals surface area contributed by atoms with Crippen molar-refractivity contribution in [2.45, 2.75) is 39.8 Å². The second-order valence-corrected chi connectivity index (χ2v) is 6.53. The van der Waals surface area contributed by atoms with Gasteiger partial charge in [-0.2, -0.15) is 13.2 Å². The molecule has 0 bridgehead atoms. The molecule has 0 saturated carbocycles. The van der Waals surface area contributed by atoms with Crippen molar-refractivity contribution < 1.29 is 22.7 Å². The third-order valence-electron chi connectivity index (χ3n) is 4.11. The highest BCUT2D eigenvalue weighted by molar-refractivity contribution is 6.04. The average Bonchev–Trinajstić information content (AvgIpc) is 2.71. The van der Waals surface area contributed by atoms with E-state index in [0.29, 0.717) is 11.4 Å². The maximum absolute atomic E-state index is 11.9. The molecule has 0 heterocycles. The van der Waals surface area contributed by atoms with E-state index in [1.807, 2.05) is 19.2 Å². The van der Waals surface area contributed by atoms with Gasteiger partial charge in [0.2, 0.25) is 0 Å². The molecule has 0 N–H and O–H groups in total. The normalized spacial score (nSPS) is 11.8. The van der Waals surface area contributed by atoms with Gasteiger partial charge in [-0.3, -0.25) is 4.99 Å². The van der Waals surface area contributed by atoms with Crippen LogP contribution in [0.3, 0.4) is 0 Å². The van der Waals surface area contributed by atoms with Crippen molar-refractivity contribution in [1.82, 2.24) is 0 Å². The summed E-state index contributed by atoms with van der Waals surface area (Å²) in [6.07, 6.45) is -0.358. The van der Waals surface area contributed by atoms with Crippen molar-refractivity contribution in [3.05, 3.63) is 70.3 Å². The van der Waals surface area contributed by atoms with Crippen LogP contribution in [0.4, 0.5) is 13.2 Å². The molecular formula is C23H27F3N2O2. The van der Waals surface area contributed by atoms with Crippen LogP contribution in [-0.4, -0.2) is 32.2 Å². The van der Waals surface area contributed by atoms with Crippen molar-refractivity contribution in [3.8, 4) is 0 Å². The molecule has 0 aliphatic rings. The average molecular weight is 420 g/mol. The lowest BCUT2D eigenvalue weighted by Crippen LogP contribution is -2.05. The molecule has 0 unspecified atom stereocenters. The molecule has 0 aromatic heterocycles. The first-order valence-corrected chi connectivity index (χ1v) is 9.46. The van der Waals surface area contributed by atoms with Crippen molar-refractivity contribution in [2.75, 3.05) is 14.2 Å². The summed E-state index contributed by atoms with van der Waals surface area (Å²) in [7, 11) is 3.09. The summed E-state index contributed by atoms with van der Waals surface area (Å²) in [6.45, 7) is 5.79. The molecule has 0 spiro atoms. The number of ether oxygens (including phenoxy) is 1. The second-order valence-electron chi connectivity index (χ2n) is 6.53. The summed E-state index contributed by atoms with van der Waals surface area (Å²) in [5, 5.41) is 0. The summed E-state index contributed by atoms with van der Waals surface area (Å²) in [5.74, 6) is 0.349. The smallest absolute Gasteiger partial charge is 0.416 e. The van der Waals surface area contributed by atoms with Gasteiger partial charge in [0.05, 0.1) is 18.2 Å². The van der Waals surface area contributed by atoms with E-state index in [0.717, 1.165) is 41.7 Å². The number of aryl methyl sites for hydroxylation is 2. The third kappa shape index (κ3) is 7.81. The standard InChI is InChI=1S/C15H20N2O2.C8H7F3/c1-5-6-9-17-14(16-3)13-8-7-12(10-11(13)2)15(18)19-4;1-6-2-4-7(5-3-6)8(9,10)11/h7-10H,5-6H2,1-4H3;2-5H,1H3. The van der Waals surface area contributed by atoms with Crippen LogP contribution in [0.5, 0.6) is 0 Å². The topological polar surface area (TPSA) is 51.0 Å². The van der Waals surface area contributed by atoms with Crippen LogP contribution in [-0.2, 0) is 10.9 Å². The molecule has 162 valence electrons. The molecule has 0 radical (unpaired) electrons. The first-order valence-electron chi connectivity index (χ1n) is 9.46. The molecule has 2 aromatic rings. The van der Waals surface area contributed by atoms with E-state index in [4.69, 9.17) is 4.74 Å². The quantitative estimate of drug-likeness (QED) is 0.344. The first kappa shape index (κ1) is 25.1. The largest absolute Gasteiger partial charge is 0.465 e. The van der Waals surface area contributed by atoms with Crippen molar-refractivity contribution in [1.29, 1.82) is 0 Å². The zero-order valence-corrected chi connectivity index (χ0v) is 17.9. The van der Waals surface area contributed by atoms with Gasteiger partial charge in [-0.25, -0.2) is 9.79 Å². The van der Waals surface area contributed by atoms with Gasteiger partial charge in [-0.05, 0) is 50.1 Å². The SMILES string of the molecule is CCCC=NC(=NC)c1ccc(C(=O)OC)cc1C.Cc1ccc(C(F)(F)F)cc1. The molecular weight excluding hydrogens is 393 g/mol. The number of amidine groups is 1. The Hall–Kier alpha value is -2.96. The fourth-order valence-corrected chi connectivity index (χ4v) is 2.43. The monoisotopic (exact) mass is 420 g/mol. The summed E-state index contributed by atoms with van der Waals surface area (Å²) in [6, 6.07) is 10.4. The zero-order chi connectivity index (χ0) is 22.7. The maximum atomic E-state index is 11.9. The molecule has 2 rings (SSSR count). The second kappa shape index (κ2) is 11.9. The number of benzene rings is 2. The third-order valence-corrected chi connectivity index (χ3v) is 4.11. The van der Waals surface area contributed by atoms with Crippen LogP contribution in [0.25, 0.3) is 0 Å². The van der Waals surface area contributed by atoms with Crippen LogP contribution >= 0.6 is 0 Å². The molecule has 4 nitrogen and oxygen atoms in total. The highest BCUT2D eigenvalue weighted by Gasteiger charge is 2.29. The van der Waals surface area contributed by atoms with Crippen LogP contribution in [0.15, 0.2) is 52.4 Å². The van der Waals surface area contributed by atoms with Gasteiger partial charge in [0, 0.05) is 18.8 Å². The first-order chi connectivity index (χ1) is 14.1. The molecule has 0 aliphatic heterocycles. The lowest BCUT2D eigenvalue weighted by atomic mass is 10.0. The van der Waals surface area contributed by atoms with E-state index in [9.17, 15) is 18.0 Å². The number of rotatable bonds is 4. The number of hydrogen-bond donors (Lipinski definition) is 0. The van der Waals surface area contributed by atoms with Gasteiger partial charge in [-0.1, -0.05) is 37.1 Å². The van der Waals surface area contributed by atoms with Crippen LogP contribution < -0.4 is 0 Å². The molecule has 0 saturated heterocycles. The van der Waals surface area contributed by atoms with Crippen molar-refractivity contribution in [3.63, 3.8) is 0 Å². The number of alkyl halides is 3. The fraction of sp³-hybridized carbons (Fsp3) is 0.348. The Balaban J connectivity index is 0.000000346. The van der Waals surface area contributed by atoms with E-state index in [2.05, 4.69) is 16.9 Å². The van der Waals surface area contributed by atoms with Gasteiger partial charge >= 0.3 is 12.1 Å². The summed E-state index contributed by atoms with van der Waals surface area (Å²) >= 11 is 0. The number of halogens is 3. The Kier molecular flexibility index (Phi) is 9.95. The van der Waals surface area contributed by atoms with E-state index in [1.165, 1.54) is 19.2 Å². The summed E-state index contributed by atoms with van der Waals surface area (Å²) in [4.78, 5) is 20.0. The summed E-state index contributed by atoms with van der Waals surface area (Å²) in [5.41, 5.74) is 2.66. The molecule has 0 fully saturated rings. The zero-order valence-electron chi connectivity index (χ0n) is 17.9. The lowest BCUT2D eigenvalue weighted by molar-refractivity contribution is -0.137. The van der Waals surface area contributed by atoms with Gasteiger partial charge < -0.3 is 4.74 Å². The number of methoxy groups -OCH3 is 1. The van der Waals surface area contributed by atoms with E-state index < -0.39 is 11.7 Å². The molecule has 2 aromatic carbocycles. The minimum absolute atomic E-state index is 0.334. The van der Waals surface area contributed by atoms with Gasteiger partial charge in [0.25, 0.3) is 0 Å². The Morgan fingerprint density at radius 1 is 1.10 bits per heavy atom. The van der Waals surface area contributed by atoms with Gasteiger partial charge in [-0.15, -0.1) is 0 Å². The Morgan fingerprint density at radius 3 is 2.20 bits per heavy atom. The number of nitrogens with zero attached hydrogens (tertiary/aromatic N) is 2. The number of carbonyl (C=O) groups is 1. The van der Waals surface area contributed by atoms with Crippen molar-refractivity contribution >= 4 is 18.0 Å². The van der Waals surface area contributed by atoms with Gasteiger partial charge in [0.1, 0.15) is 0 Å². The Labute approximate surface area is 175 Å². The van der Waals surface area contributed by atoms with Gasteiger partial charge in [0.15, 0.2) is 5.84 Å². The molecule has 0 aliphatic carbocycles. The predicted octanol–water partition coefficient (Wildman–Crippen LogP) is 6.04. The van der Waals surface area contributed by atoms with E-state index >= 15 is 0 Å². The molecule has 30 heavy (non-hydrogen) atoms. The summed E-state index contributed by atoms with van der Waals surface area (Å²) < 4.78 is 40.5. The minimum Gasteiger partial charge on any atom is -0.465 e. The highest BCUT2D eigenvalue weighted by Crippen LogP contribution is 2.28. The highest BCUT2D eigenvalue weighted by atomic mass is 19.4. The van der Waals surface area contributed by atoms with E-state index in [-0.39, 0.29) is 5.97 Å². The number of hydrogen-bond acceptors (Lipinski definition) is 3. The maximum Gasteiger partial charge on any atom is 0.416 e. The number of unbranched alkanes of at least 4 members (excludes halogenated alkanes) is 1. The van der Waals surface area contributed by atoms with Crippen LogP contribution in [0, 0.1) is 13.8 Å².